The van der Waals surface area contributed by atoms with Crippen molar-refractivity contribution in [2.75, 3.05) is 26.2 Å². The number of halogens is 2. The van der Waals surface area contributed by atoms with E-state index in [1.807, 2.05) is 34.1 Å². The first kappa shape index (κ1) is 23.1. The van der Waals surface area contributed by atoms with Crippen LogP contribution in [0.4, 0.5) is 9.18 Å². The van der Waals surface area contributed by atoms with Gasteiger partial charge in [-0.15, -0.1) is 0 Å². The predicted molar refractivity (Wildman–Crippen MR) is 127 cm³/mol. The van der Waals surface area contributed by atoms with Crippen molar-refractivity contribution in [3.63, 3.8) is 0 Å². The summed E-state index contributed by atoms with van der Waals surface area (Å²) in [6.07, 6.45) is 3.04. The van der Waals surface area contributed by atoms with Crippen molar-refractivity contribution in [2.45, 2.75) is 43.7 Å². The van der Waals surface area contributed by atoms with E-state index >= 15 is 0 Å². The average molecular weight is 486 g/mol. The van der Waals surface area contributed by atoms with Gasteiger partial charge >= 0.3 is 6.09 Å². The van der Waals surface area contributed by atoms with Gasteiger partial charge in [-0.2, -0.15) is 0 Å². The molecule has 1 aliphatic carbocycles. The van der Waals surface area contributed by atoms with Crippen LogP contribution in [0.25, 0.3) is 0 Å². The van der Waals surface area contributed by atoms with Gasteiger partial charge in [0.15, 0.2) is 0 Å². The van der Waals surface area contributed by atoms with Crippen molar-refractivity contribution in [1.82, 2.24) is 15.1 Å². The van der Waals surface area contributed by atoms with Gasteiger partial charge in [-0.1, -0.05) is 23.7 Å². The van der Waals surface area contributed by atoms with E-state index in [0.717, 1.165) is 44.3 Å². The Morgan fingerprint density at radius 1 is 0.971 bits per heavy atom. The molecule has 34 heavy (non-hydrogen) atoms. The van der Waals surface area contributed by atoms with E-state index in [2.05, 4.69) is 5.32 Å². The molecule has 5 rings (SSSR count). The first-order valence-electron chi connectivity index (χ1n) is 12.0. The Labute approximate surface area is 204 Å². The van der Waals surface area contributed by atoms with E-state index in [4.69, 9.17) is 16.3 Å². The third-order valence-electron chi connectivity index (χ3n) is 7.11. The lowest BCUT2D eigenvalue weighted by Crippen LogP contribution is -2.48. The lowest BCUT2D eigenvalue weighted by Gasteiger charge is -2.32. The Balaban J connectivity index is 1.40. The summed E-state index contributed by atoms with van der Waals surface area (Å²) >= 11 is 6.13. The third kappa shape index (κ3) is 5.05. The summed E-state index contributed by atoms with van der Waals surface area (Å²) < 4.78 is 19.0. The van der Waals surface area contributed by atoms with E-state index in [9.17, 15) is 14.0 Å². The minimum Gasteiger partial charge on any atom is -0.410 e. The van der Waals surface area contributed by atoms with Gasteiger partial charge < -0.3 is 15.0 Å². The molecule has 2 amide bonds. The molecule has 0 bridgehead atoms. The summed E-state index contributed by atoms with van der Waals surface area (Å²) in [4.78, 5) is 30.5. The molecule has 6 nitrogen and oxygen atoms in total. The number of ether oxygens (including phenoxy) is 1. The highest BCUT2D eigenvalue weighted by atomic mass is 35.5. The van der Waals surface area contributed by atoms with Gasteiger partial charge in [-0.3, -0.25) is 9.69 Å². The molecule has 0 spiro atoms. The van der Waals surface area contributed by atoms with E-state index in [-0.39, 0.29) is 35.6 Å². The van der Waals surface area contributed by atoms with Gasteiger partial charge in [0, 0.05) is 36.0 Å². The Hall–Kier alpha value is -2.64. The molecule has 1 saturated carbocycles. The molecule has 1 N–H and O–H groups in total. The smallest absolute Gasteiger partial charge is 0.410 e. The summed E-state index contributed by atoms with van der Waals surface area (Å²) in [6, 6.07) is 13.0. The normalized spacial score (nSPS) is 23.1. The molecular formula is C26H29ClFN3O3. The SMILES string of the molecule is O=C(C1CCNCC1)N1CC(N(C(=O)Oc2ccc(F)cc2)C2CC2)[C@@H](c2ccc(Cl)cc2)C1. The van der Waals surface area contributed by atoms with Crippen molar-refractivity contribution in [1.29, 1.82) is 0 Å². The summed E-state index contributed by atoms with van der Waals surface area (Å²) in [7, 11) is 0. The zero-order valence-corrected chi connectivity index (χ0v) is 19.7. The van der Waals surface area contributed by atoms with Gasteiger partial charge in [0.25, 0.3) is 0 Å². The van der Waals surface area contributed by atoms with Crippen LogP contribution in [-0.2, 0) is 4.79 Å². The molecule has 2 aromatic rings. The second-order valence-corrected chi connectivity index (χ2v) is 9.89. The summed E-state index contributed by atoms with van der Waals surface area (Å²) in [5.74, 6) is 0.0755. The Bertz CT molecular complexity index is 1020. The summed E-state index contributed by atoms with van der Waals surface area (Å²) in [6.45, 7) is 2.74. The van der Waals surface area contributed by atoms with E-state index in [1.165, 1.54) is 24.3 Å². The number of hydrogen-bond donors (Lipinski definition) is 1. The van der Waals surface area contributed by atoms with Crippen LogP contribution >= 0.6 is 11.6 Å². The number of nitrogens with zero attached hydrogens (tertiary/aromatic N) is 2. The number of piperidine rings is 1. The minimum absolute atomic E-state index is 0.0198. The summed E-state index contributed by atoms with van der Waals surface area (Å²) in [5.41, 5.74) is 1.05. The molecule has 3 aliphatic rings. The van der Waals surface area contributed by atoms with Crippen molar-refractivity contribution < 1.29 is 18.7 Å². The molecule has 2 saturated heterocycles. The third-order valence-corrected chi connectivity index (χ3v) is 7.37. The van der Waals surface area contributed by atoms with Crippen LogP contribution in [0.5, 0.6) is 5.75 Å². The highest BCUT2D eigenvalue weighted by Gasteiger charge is 2.47. The molecule has 2 atom stereocenters. The minimum atomic E-state index is -0.450. The van der Waals surface area contributed by atoms with Gasteiger partial charge in [0.05, 0.1) is 6.04 Å². The highest BCUT2D eigenvalue weighted by Crippen LogP contribution is 2.39. The number of likely N-dealkylation sites (tertiary alicyclic amines) is 1. The molecule has 8 heteroatoms. The maximum absolute atomic E-state index is 13.4. The van der Waals surface area contributed by atoms with Crippen molar-refractivity contribution in [3.05, 3.63) is 64.9 Å². The largest absolute Gasteiger partial charge is 0.415 e. The van der Waals surface area contributed by atoms with Crippen LogP contribution in [0.1, 0.15) is 37.2 Å². The van der Waals surface area contributed by atoms with Crippen LogP contribution in [0, 0.1) is 11.7 Å². The van der Waals surface area contributed by atoms with E-state index in [0.29, 0.717) is 23.9 Å². The van der Waals surface area contributed by atoms with Crippen LogP contribution in [0.15, 0.2) is 48.5 Å². The average Bonchev–Trinajstić information content (AvgIpc) is 3.59. The molecular weight excluding hydrogens is 457 g/mol. The fourth-order valence-corrected chi connectivity index (χ4v) is 5.30. The van der Waals surface area contributed by atoms with Gasteiger partial charge in [0.2, 0.25) is 5.91 Å². The molecule has 1 unspecified atom stereocenters. The molecule has 2 aliphatic heterocycles. The Kier molecular flexibility index (Phi) is 6.75. The zero-order chi connectivity index (χ0) is 23.7. The monoisotopic (exact) mass is 485 g/mol. The quantitative estimate of drug-likeness (QED) is 0.680. The number of nitrogens with one attached hydrogen (secondary N) is 1. The molecule has 180 valence electrons. The maximum Gasteiger partial charge on any atom is 0.415 e. The van der Waals surface area contributed by atoms with E-state index < -0.39 is 6.09 Å². The van der Waals surface area contributed by atoms with Gasteiger partial charge in [-0.25, -0.2) is 9.18 Å². The lowest BCUT2D eigenvalue weighted by atomic mass is 9.93. The van der Waals surface area contributed by atoms with Gasteiger partial charge in [-0.05, 0) is 80.7 Å². The molecule has 0 radical (unpaired) electrons. The maximum atomic E-state index is 13.4. The van der Waals surface area contributed by atoms with Gasteiger partial charge in [0.1, 0.15) is 11.6 Å². The fourth-order valence-electron chi connectivity index (χ4n) is 5.18. The Morgan fingerprint density at radius 2 is 1.65 bits per heavy atom. The number of rotatable bonds is 5. The molecule has 3 fully saturated rings. The fraction of sp³-hybridized carbons (Fsp3) is 0.462. The summed E-state index contributed by atoms with van der Waals surface area (Å²) in [5, 5.41) is 3.96. The molecule has 0 aromatic heterocycles. The first-order valence-corrected chi connectivity index (χ1v) is 12.4. The van der Waals surface area contributed by atoms with E-state index in [1.54, 1.807) is 0 Å². The van der Waals surface area contributed by atoms with Crippen molar-refractivity contribution >= 4 is 23.6 Å². The van der Waals surface area contributed by atoms with Crippen LogP contribution in [0.2, 0.25) is 5.02 Å². The van der Waals surface area contributed by atoms with Crippen molar-refractivity contribution in [2.24, 2.45) is 5.92 Å². The number of amides is 2. The van der Waals surface area contributed by atoms with Crippen LogP contribution < -0.4 is 10.1 Å². The standard InChI is InChI=1S/C26H29ClFN3O3/c27-19-3-1-17(2-4-19)23-15-30(25(32)18-11-13-29-14-12-18)16-24(23)31(21-7-8-21)26(33)34-22-9-5-20(28)6-10-22/h1-6,9-10,18,21,23-24,29H,7-8,11-16H2/t23-,24?/m1/s1. The first-order chi connectivity index (χ1) is 16.5. The van der Waals surface area contributed by atoms with Crippen molar-refractivity contribution in [3.8, 4) is 5.75 Å². The Morgan fingerprint density at radius 3 is 2.29 bits per heavy atom. The number of hydrogen-bond acceptors (Lipinski definition) is 4. The lowest BCUT2D eigenvalue weighted by molar-refractivity contribution is -0.135. The predicted octanol–water partition coefficient (Wildman–Crippen LogP) is 4.44. The highest BCUT2D eigenvalue weighted by molar-refractivity contribution is 6.30. The van der Waals surface area contributed by atoms with Crippen LogP contribution in [-0.4, -0.2) is 60.1 Å². The second kappa shape index (κ2) is 9.92. The number of carbonyl (C=O) groups is 2. The number of benzene rings is 2. The van der Waals surface area contributed by atoms with Crippen LogP contribution in [0.3, 0.4) is 0 Å². The zero-order valence-electron chi connectivity index (χ0n) is 19.0. The second-order valence-electron chi connectivity index (χ2n) is 9.45. The number of carbonyl (C=O) groups excluding carboxylic acids is 2. The molecule has 2 heterocycles. The topological polar surface area (TPSA) is 61.9 Å². The molecule has 2 aromatic carbocycles.